The topological polar surface area (TPSA) is 99.8 Å². The SMILES string of the molecule is CC.CNCC(O)COc1cccc(-c2nc(-c3c(C)noc3C)c(C)c(N3CCN(SC)CC3)n2)c1. The summed E-state index contributed by atoms with van der Waals surface area (Å²) in [4.78, 5) is 12.4. The lowest BCUT2D eigenvalue weighted by Gasteiger charge is -2.35. The van der Waals surface area contributed by atoms with Crippen LogP contribution in [-0.4, -0.2) is 83.3 Å². The maximum Gasteiger partial charge on any atom is 0.162 e. The Morgan fingerprint density at radius 1 is 1.14 bits per heavy atom. The predicted octanol–water partition coefficient (Wildman–Crippen LogP) is 4.11. The molecule has 2 aromatic heterocycles. The van der Waals surface area contributed by atoms with Gasteiger partial charge in [0.05, 0.1) is 17.0 Å². The first-order valence-electron chi connectivity index (χ1n) is 12.8. The summed E-state index contributed by atoms with van der Waals surface area (Å²) in [6.45, 7) is 14.3. The van der Waals surface area contributed by atoms with Crippen molar-refractivity contribution < 1.29 is 14.4 Å². The van der Waals surface area contributed by atoms with Crippen molar-refractivity contribution >= 4 is 17.8 Å². The van der Waals surface area contributed by atoms with Crippen LogP contribution in [0.4, 0.5) is 5.82 Å². The standard InChI is InChI=1S/C25H34N6O3S.C2H6/c1-16-23(22-17(2)29-34-18(22)3)27-24(28-25(16)30-9-11-31(35-5)12-10-30)19-7-6-8-21(13-19)33-15-20(32)14-26-4;1-2/h6-8,13,20,26,32H,9-12,14-15H2,1-5H3;1-2H3. The molecule has 1 aliphatic rings. The van der Waals surface area contributed by atoms with Crippen LogP contribution in [0.1, 0.15) is 30.9 Å². The highest BCUT2D eigenvalue weighted by molar-refractivity contribution is 7.96. The Bertz CT molecular complexity index is 1130. The number of aliphatic hydroxyl groups excluding tert-OH is 1. The van der Waals surface area contributed by atoms with Gasteiger partial charge in [-0.1, -0.05) is 43.1 Å². The van der Waals surface area contributed by atoms with Crippen molar-refractivity contribution in [2.45, 2.75) is 40.7 Å². The summed E-state index contributed by atoms with van der Waals surface area (Å²) in [5.41, 5.74) is 4.43. The van der Waals surface area contributed by atoms with Crippen molar-refractivity contribution in [3.05, 3.63) is 41.3 Å². The Balaban J connectivity index is 0.00000186. The molecule has 1 fully saturated rings. The van der Waals surface area contributed by atoms with E-state index in [9.17, 15) is 5.11 Å². The van der Waals surface area contributed by atoms with Crippen LogP contribution in [0.15, 0.2) is 28.8 Å². The van der Waals surface area contributed by atoms with Gasteiger partial charge in [0.2, 0.25) is 0 Å². The lowest BCUT2D eigenvalue weighted by Crippen LogP contribution is -2.44. The van der Waals surface area contributed by atoms with Gasteiger partial charge in [-0.3, -0.25) is 0 Å². The van der Waals surface area contributed by atoms with Gasteiger partial charge in [0.1, 0.15) is 30.0 Å². The largest absolute Gasteiger partial charge is 0.491 e. The van der Waals surface area contributed by atoms with Crippen molar-refractivity contribution in [3.63, 3.8) is 0 Å². The van der Waals surface area contributed by atoms with E-state index in [-0.39, 0.29) is 6.61 Å². The van der Waals surface area contributed by atoms with E-state index in [0.29, 0.717) is 18.1 Å². The quantitative estimate of drug-likeness (QED) is 0.395. The zero-order valence-electron chi connectivity index (χ0n) is 23.0. The molecule has 37 heavy (non-hydrogen) atoms. The first-order valence-corrected chi connectivity index (χ1v) is 14.0. The summed E-state index contributed by atoms with van der Waals surface area (Å²) in [6.07, 6.45) is 1.53. The van der Waals surface area contributed by atoms with E-state index < -0.39 is 6.10 Å². The second kappa shape index (κ2) is 13.8. The number of piperazine rings is 1. The summed E-state index contributed by atoms with van der Waals surface area (Å²) in [5, 5.41) is 17.1. The number of hydrogen-bond donors (Lipinski definition) is 2. The summed E-state index contributed by atoms with van der Waals surface area (Å²) in [7, 11) is 1.80. The molecule has 4 rings (SSSR count). The molecule has 0 radical (unpaired) electrons. The molecule has 10 heteroatoms. The molecule has 2 N–H and O–H groups in total. The van der Waals surface area contributed by atoms with Crippen molar-refractivity contribution in [1.82, 2.24) is 24.7 Å². The number of aromatic nitrogens is 3. The van der Waals surface area contributed by atoms with Gasteiger partial charge in [0.15, 0.2) is 5.82 Å². The summed E-state index contributed by atoms with van der Waals surface area (Å²) < 4.78 is 13.7. The van der Waals surface area contributed by atoms with E-state index in [4.69, 9.17) is 19.2 Å². The van der Waals surface area contributed by atoms with Gasteiger partial charge in [-0.25, -0.2) is 14.3 Å². The molecule has 0 spiro atoms. The number of ether oxygens (including phenoxy) is 1. The minimum atomic E-state index is -0.586. The van der Waals surface area contributed by atoms with Crippen LogP contribution < -0.4 is 15.0 Å². The number of hydrogen-bond acceptors (Lipinski definition) is 10. The van der Waals surface area contributed by atoms with Gasteiger partial charge in [-0.05, 0) is 46.2 Å². The third-order valence-corrected chi connectivity index (χ3v) is 7.04. The first kappa shape index (κ1) is 28.9. The number of aliphatic hydroxyl groups is 1. The summed E-state index contributed by atoms with van der Waals surface area (Å²) in [5.74, 6) is 2.95. The number of benzene rings is 1. The third-order valence-electron chi connectivity index (χ3n) is 6.16. The molecular weight excluding hydrogens is 488 g/mol. The van der Waals surface area contributed by atoms with E-state index in [2.05, 4.69) is 32.9 Å². The Morgan fingerprint density at radius 3 is 2.49 bits per heavy atom. The summed E-state index contributed by atoms with van der Waals surface area (Å²) in [6, 6.07) is 7.70. The smallest absolute Gasteiger partial charge is 0.162 e. The second-order valence-corrected chi connectivity index (χ2v) is 9.57. The molecule has 1 atom stereocenters. The fourth-order valence-corrected chi connectivity index (χ4v) is 4.83. The van der Waals surface area contributed by atoms with Gasteiger partial charge in [0, 0.05) is 43.9 Å². The Hall–Kier alpha value is -2.66. The number of rotatable bonds is 9. The van der Waals surface area contributed by atoms with Crippen LogP contribution in [0.2, 0.25) is 0 Å². The Morgan fingerprint density at radius 2 is 1.86 bits per heavy atom. The molecule has 1 aliphatic heterocycles. The number of nitrogens with zero attached hydrogens (tertiary/aromatic N) is 5. The van der Waals surface area contributed by atoms with E-state index in [1.165, 1.54) is 0 Å². The van der Waals surface area contributed by atoms with Gasteiger partial charge in [-0.15, -0.1) is 0 Å². The maximum atomic E-state index is 10.0. The lowest BCUT2D eigenvalue weighted by atomic mass is 10.0. The highest BCUT2D eigenvalue weighted by atomic mass is 32.2. The fourth-order valence-electron chi connectivity index (χ4n) is 4.30. The molecule has 3 heterocycles. The molecule has 0 saturated carbocycles. The minimum Gasteiger partial charge on any atom is -0.491 e. The third kappa shape index (κ3) is 7.01. The van der Waals surface area contributed by atoms with Crippen molar-refractivity contribution in [2.75, 3.05) is 57.5 Å². The van der Waals surface area contributed by atoms with Crippen LogP contribution >= 0.6 is 11.9 Å². The molecule has 9 nitrogen and oxygen atoms in total. The maximum absolute atomic E-state index is 10.0. The molecule has 1 saturated heterocycles. The van der Waals surface area contributed by atoms with Crippen LogP contribution in [0.5, 0.6) is 5.75 Å². The molecule has 0 aliphatic carbocycles. The van der Waals surface area contributed by atoms with E-state index in [1.807, 2.05) is 52.0 Å². The highest BCUT2D eigenvalue weighted by Crippen LogP contribution is 2.35. The zero-order valence-corrected chi connectivity index (χ0v) is 23.9. The second-order valence-electron chi connectivity index (χ2n) is 8.69. The molecule has 0 amide bonds. The van der Waals surface area contributed by atoms with Crippen LogP contribution in [0.3, 0.4) is 0 Å². The zero-order chi connectivity index (χ0) is 26.9. The highest BCUT2D eigenvalue weighted by Gasteiger charge is 2.25. The van der Waals surface area contributed by atoms with Crippen LogP contribution in [0, 0.1) is 20.8 Å². The Kier molecular flexibility index (Phi) is 10.7. The normalized spacial score (nSPS) is 14.8. The molecule has 0 bridgehead atoms. The van der Waals surface area contributed by atoms with Crippen molar-refractivity contribution in [1.29, 1.82) is 0 Å². The average molecular weight is 529 g/mol. The molecule has 3 aromatic rings. The van der Waals surface area contributed by atoms with Crippen LogP contribution in [0.25, 0.3) is 22.6 Å². The van der Waals surface area contributed by atoms with Crippen molar-refractivity contribution in [3.8, 4) is 28.4 Å². The molecular formula is C27H40N6O3S. The number of anilines is 1. The molecule has 202 valence electrons. The molecule has 1 unspecified atom stereocenters. The first-order chi connectivity index (χ1) is 17.9. The number of likely N-dealkylation sites (N-methyl/N-ethyl adjacent to an activating group) is 1. The van der Waals surface area contributed by atoms with Gasteiger partial charge >= 0.3 is 0 Å². The van der Waals surface area contributed by atoms with E-state index >= 15 is 0 Å². The van der Waals surface area contributed by atoms with Gasteiger partial charge in [-0.2, -0.15) is 0 Å². The van der Waals surface area contributed by atoms with E-state index in [1.54, 1.807) is 19.0 Å². The van der Waals surface area contributed by atoms with Crippen molar-refractivity contribution in [2.24, 2.45) is 0 Å². The fraction of sp³-hybridized carbons (Fsp3) is 0.519. The predicted molar refractivity (Wildman–Crippen MR) is 151 cm³/mol. The van der Waals surface area contributed by atoms with E-state index in [0.717, 1.165) is 65.8 Å². The number of nitrogens with one attached hydrogen (secondary N) is 1. The summed E-state index contributed by atoms with van der Waals surface area (Å²) >= 11 is 1.78. The minimum absolute atomic E-state index is 0.203. The Labute approximate surface area is 224 Å². The number of aryl methyl sites for hydroxylation is 2. The monoisotopic (exact) mass is 528 g/mol. The van der Waals surface area contributed by atoms with Crippen LogP contribution in [-0.2, 0) is 0 Å². The lowest BCUT2D eigenvalue weighted by molar-refractivity contribution is 0.108. The molecule has 1 aromatic carbocycles. The average Bonchev–Trinajstić information content (AvgIpc) is 3.26. The van der Waals surface area contributed by atoms with Gasteiger partial charge < -0.3 is 24.6 Å². The van der Waals surface area contributed by atoms with Gasteiger partial charge in [0.25, 0.3) is 0 Å².